The molecule has 1 atom stereocenters. The zero-order valence-electron chi connectivity index (χ0n) is 7.75. The van der Waals surface area contributed by atoms with Crippen molar-refractivity contribution >= 4 is 23.2 Å². The molecule has 3 heteroatoms. The van der Waals surface area contributed by atoms with Crippen molar-refractivity contribution in [3.05, 3.63) is 29.8 Å². The highest BCUT2D eigenvalue weighted by Gasteiger charge is 2.10. The largest absolute Gasteiger partial charge is 0.324 e. The topological polar surface area (TPSA) is 29.1 Å². The molecular weight excluding hydrogens is 198 g/mol. The van der Waals surface area contributed by atoms with Crippen molar-refractivity contribution in [1.29, 1.82) is 0 Å². The van der Waals surface area contributed by atoms with Gasteiger partial charge in [0, 0.05) is 5.56 Å². The van der Waals surface area contributed by atoms with E-state index in [0.717, 1.165) is 0 Å². The smallest absolute Gasteiger partial charge is 0.242 e. The lowest BCUT2D eigenvalue weighted by Gasteiger charge is -2.07. The quantitative estimate of drug-likeness (QED) is 0.585. The number of anilines is 1. The molecule has 0 fully saturated rings. The van der Waals surface area contributed by atoms with Crippen LogP contribution in [0.15, 0.2) is 24.3 Å². The summed E-state index contributed by atoms with van der Waals surface area (Å²) in [5, 5.41) is 2.08. The highest BCUT2D eigenvalue weighted by atomic mass is 35.5. The molecule has 0 bridgehead atoms. The second-order valence-electron chi connectivity index (χ2n) is 2.80. The normalized spacial score (nSPS) is 11.5. The van der Waals surface area contributed by atoms with Gasteiger partial charge in [-0.15, -0.1) is 18.0 Å². The van der Waals surface area contributed by atoms with Crippen molar-refractivity contribution in [2.24, 2.45) is 0 Å². The number of halogens is 1. The van der Waals surface area contributed by atoms with Crippen molar-refractivity contribution in [1.82, 2.24) is 0 Å². The van der Waals surface area contributed by atoms with Gasteiger partial charge < -0.3 is 5.32 Å². The first kappa shape index (κ1) is 10.6. The average Bonchev–Trinajstić information content (AvgIpc) is 2.18. The van der Waals surface area contributed by atoms with Crippen LogP contribution in [0.4, 0.5) is 5.69 Å². The van der Waals surface area contributed by atoms with Gasteiger partial charge in [0.25, 0.3) is 0 Å². The SMILES string of the molecule is C#Cc1ccccc1NC(=O)C(C)Cl. The zero-order chi connectivity index (χ0) is 10.6. The van der Waals surface area contributed by atoms with E-state index in [-0.39, 0.29) is 5.91 Å². The minimum Gasteiger partial charge on any atom is -0.324 e. The Labute approximate surface area is 88.3 Å². The van der Waals surface area contributed by atoms with Gasteiger partial charge in [0.1, 0.15) is 5.38 Å². The average molecular weight is 208 g/mol. The van der Waals surface area contributed by atoms with Gasteiger partial charge in [-0.05, 0) is 19.1 Å². The Morgan fingerprint density at radius 1 is 1.57 bits per heavy atom. The Kier molecular flexibility index (Phi) is 3.55. The summed E-state index contributed by atoms with van der Waals surface area (Å²) >= 11 is 5.61. The first-order chi connectivity index (χ1) is 6.65. The van der Waals surface area contributed by atoms with Crippen molar-refractivity contribution in [2.45, 2.75) is 12.3 Å². The van der Waals surface area contributed by atoms with Gasteiger partial charge in [-0.2, -0.15) is 0 Å². The maximum absolute atomic E-state index is 11.3. The number of hydrogen-bond acceptors (Lipinski definition) is 1. The van der Waals surface area contributed by atoms with Crippen molar-refractivity contribution in [2.75, 3.05) is 5.32 Å². The first-order valence-corrected chi connectivity index (χ1v) is 4.59. The second-order valence-corrected chi connectivity index (χ2v) is 3.45. The molecule has 0 aromatic heterocycles. The minimum atomic E-state index is -0.569. The lowest BCUT2D eigenvalue weighted by molar-refractivity contribution is -0.115. The molecule has 1 aromatic rings. The molecular formula is C11H10ClNO. The van der Waals surface area contributed by atoms with Crippen molar-refractivity contribution < 1.29 is 4.79 Å². The fraction of sp³-hybridized carbons (Fsp3) is 0.182. The van der Waals surface area contributed by atoms with E-state index in [1.165, 1.54) is 0 Å². The molecule has 1 amide bonds. The molecule has 1 rings (SSSR count). The van der Waals surface area contributed by atoms with Gasteiger partial charge in [-0.3, -0.25) is 4.79 Å². The molecule has 1 unspecified atom stereocenters. The molecule has 2 nitrogen and oxygen atoms in total. The molecule has 14 heavy (non-hydrogen) atoms. The number of terminal acetylenes is 1. The van der Waals surface area contributed by atoms with Crippen LogP contribution in [0.2, 0.25) is 0 Å². The molecule has 0 aliphatic carbocycles. The van der Waals surface area contributed by atoms with Crippen molar-refractivity contribution in [3.63, 3.8) is 0 Å². The minimum absolute atomic E-state index is 0.255. The molecule has 0 heterocycles. The number of benzene rings is 1. The van der Waals surface area contributed by atoms with Crippen LogP contribution in [-0.2, 0) is 4.79 Å². The van der Waals surface area contributed by atoms with E-state index in [1.54, 1.807) is 25.1 Å². The zero-order valence-corrected chi connectivity index (χ0v) is 8.51. The molecule has 1 aromatic carbocycles. The monoisotopic (exact) mass is 207 g/mol. The van der Waals surface area contributed by atoms with Crippen LogP contribution in [0.5, 0.6) is 0 Å². The van der Waals surface area contributed by atoms with Crippen LogP contribution in [0.25, 0.3) is 0 Å². The Hall–Kier alpha value is -1.46. The predicted molar refractivity (Wildman–Crippen MR) is 58.3 cm³/mol. The molecule has 0 spiro atoms. The van der Waals surface area contributed by atoms with Gasteiger partial charge in [-0.25, -0.2) is 0 Å². The molecule has 0 saturated heterocycles. The number of nitrogens with one attached hydrogen (secondary N) is 1. The summed E-state index contributed by atoms with van der Waals surface area (Å²) < 4.78 is 0. The van der Waals surface area contributed by atoms with Crippen LogP contribution in [0, 0.1) is 12.3 Å². The highest BCUT2D eigenvalue weighted by molar-refractivity contribution is 6.32. The highest BCUT2D eigenvalue weighted by Crippen LogP contribution is 2.14. The van der Waals surface area contributed by atoms with Gasteiger partial charge in [0.15, 0.2) is 0 Å². The standard InChI is InChI=1S/C11H10ClNO/c1-3-9-6-4-5-7-10(9)13-11(14)8(2)12/h1,4-8H,2H3,(H,13,14). The lowest BCUT2D eigenvalue weighted by Crippen LogP contribution is -2.20. The summed E-state index contributed by atoms with van der Waals surface area (Å²) in [7, 11) is 0. The maximum Gasteiger partial charge on any atom is 0.242 e. The third-order valence-electron chi connectivity index (χ3n) is 1.70. The Morgan fingerprint density at radius 2 is 2.21 bits per heavy atom. The number of amides is 1. The van der Waals surface area contributed by atoms with E-state index in [2.05, 4.69) is 11.2 Å². The Morgan fingerprint density at radius 3 is 2.79 bits per heavy atom. The van der Waals surface area contributed by atoms with Crippen LogP contribution in [0.1, 0.15) is 12.5 Å². The third kappa shape index (κ3) is 2.51. The Balaban J connectivity index is 2.87. The van der Waals surface area contributed by atoms with E-state index in [0.29, 0.717) is 11.3 Å². The molecule has 1 N–H and O–H groups in total. The summed E-state index contributed by atoms with van der Waals surface area (Å²) in [6.07, 6.45) is 5.27. The number of rotatable bonds is 2. The second kappa shape index (κ2) is 4.69. The Bertz CT molecular complexity index is 379. The third-order valence-corrected chi connectivity index (χ3v) is 1.90. The number of carbonyl (C=O) groups excluding carboxylic acids is 1. The van der Waals surface area contributed by atoms with Crippen LogP contribution in [0.3, 0.4) is 0 Å². The summed E-state index contributed by atoms with van der Waals surface area (Å²) in [6, 6.07) is 7.12. The van der Waals surface area contributed by atoms with Gasteiger partial charge in [-0.1, -0.05) is 18.1 Å². The van der Waals surface area contributed by atoms with E-state index in [1.807, 2.05) is 6.07 Å². The van der Waals surface area contributed by atoms with E-state index in [4.69, 9.17) is 18.0 Å². The van der Waals surface area contributed by atoms with Gasteiger partial charge in [0.2, 0.25) is 5.91 Å². The number of hydrogen-bond donors (Lipinski definition) is 1. The number of alkyl halides is 1. The maximum atomic E-state index is 11.3. The molecule has 72 valence electrons. The van der Waals surface area contributed by atoms with Gasteiger partial charge in [0.05, 0.1) is 5.69 Å². The fourth-order valence-corrected chi connectivity index (χ4v) is 1.00. The van der Waals surface area contributed by atoms with Crippen molar-refractivity contribution in [3.8, 4) is 12.3 Å². The molecule has 0 radical (unpaired) electrons. The molecule has 0 aliphatic rings. The number of carbonyl (C=O) groups is 1. The van der Waals surface area contributed by atoms with Crippen LogP contribution in [-0.4, -0.2) is 11.3 Å². The number of para-hydroxylation sites is 1. The van der Waals surface area contributed by atoms with E-state index in [9.17, 15) is 4.79 Å². The lowest BCUT2D eigenvalue weighted by atomic mass is 10.2. The van der Waals surface area contributed by atoms with E-state index < -0.39 is 5.38 Å². The van der Waals surface area contributed by atoms with Crippen LogP contribution >= 0.6 is 11.6 Å². The summed E-state index contributed by atoms with van der Waals surface area (Å²) in [5.74, 6) is 2.23. The summed E-state index contributed by atoms with van der Waals surface area (Å²) in [4.78, 5) is 11.3. The first-order valence-electron chi connectivity index (χ1n) is 4.15. The molecule has 0 aliphatic heterocycles. The van der Waals surface area contributed by atoms with Gasteiger partial charge >= 0.3 is 0 Å². The summed E-state index contributed by atoms with van der Waals surface area (Å²) in [6.45, 7) is 1.61. The fourth-order valence-electron chi connectivity index (χ4n) is 0.950. The summed E-state index contributed by atoms with van der Waals surface area (Å²) in [5.41, 5.74) is 1.27. The van der Waals surface area contributed by atoms with E-state index >= 15 is 0 Å². The van der Waals surface area contributed by atoms with Crippen LogP contribution < -0.4 is 5.32 Å². The predicted octanol–water partition coefficient (Wildman–Crippen LogP) is 2.23. The molecule has 0 saturated carbocycles.